The van der Waals surface area contributed by atoms with Gasteiger partial charge in [0.25, 0.3) is 0 Å². The summed E-state index contributed by atoms with van der Waals surface area (Å²) in [5, 5.41) is 12.7. The fourth-order valence-corrected chi connectivity index (χ4v) is 1.67. The Morgan fingerprint density at radius 2 is 2.38 bits per heavy atom. The number of aromatic nitrogens is 2. The van der Waals surface area contributed by atoms with E-state index >= 15 is 0 Å². The van der Waals surface area contributed by atoms with Crippen LogP contribution in [0.3, 0.4) is 0 Å². The minimum Gasteiger partial charge on any atom is -0.478 e. The fourth-order valence-electron chi connectivity index (χ4n) is 1.67. The van der Waals surface area contributed by atoms with Gasteiger partial charge in [0.2, 0.25) is 0 Å². The maximum Gasteiger partial charge on any atom is 0.339 e. The van der Waals surface area contributed by atoms with E-state index in [1.807, 2.05) is 0 Å². The lowest BCUT2D eigenvalue weighted by Gasteiger charge is -1.92. The molecule has 0 atom stereocenters. The Hall–Kier alpha value is -1.65. The zero-order chi connectivity index (χ0) is 9.42. The number of aromatic carboxylic acids is 1. The van der Waals surface area contributed by atoms with Crippen LogP contribution in [0.5, 0.6) is 0 Å². The van der Waals surface area contributed by atoms with E-state index in [4.69, 9.17) is 5.11 Å². The highest BCUT2D eigenvalue weighted by molar-refractivity contribution is 5.97. The molecule has 0 radical (unpaired) electrons. The molecule has 0 fully saturated rings. The average Bonchev–Trinajstić information content (AvgIpc) is 2.59. The molecule has 1 N–H and O–H groups in total. The van der Waals surface area contributed by atoms with Crippen LogP contribution in [0, 0.1) is 0 Å². The molecule has 5 nitrogen and oxygen atoms in total. The Labute approximate surface area is 74.0 Å². The average molecular weight is 180 g/mol. The van der Waals surface area contributed by atoms with Crippen molar-refractivity contribution in [2.24, 2.45) is 0 Å². The molecule has 0 saturated heterocycles. The Kier molecular flexibility index (Phi) is 1.65. The molecular weight excluding hydrogens is 172 g/mol. The summed E-state index contributed by atoms with van der Waals surface area (Å²) in [5.41, 5.74) is 0.796. The first-order valence-corrected chi connectivity index (χ1v) is 4.02. The molecule has 1 aliphatic heterocycles. The highest BCUT2D eigenvalue weighted by Gasteiger charge is 2.25. The lowest BCUT2D eigenvalue weighted by atomic mass is 10.1. The summed E-state index contributed by atoms with van der Waals surface area (Å²) in [6.45, 7) is 0.712. The summed E-state index contributed by atoms with van der Waals surface area (Å²) >= 11 is 0. The first kappa shape index (κ1) is 7.97. The van der Waals surface area contributed by atoms with Gasteiger partial charge in [-0.1, -0.05) is 0 Å². The zero-order valence-corrected chi connectivity index (χ0v) is 6.86. The van der Waals surface area contributed by atoms with Gasteiger partial charge in [0.15, 0.2) is 6.29 Å². The highest BCUT2D eigenvalue weighted by atomic mass is 16.4. The molecule has 1 aromatic rings. The molecule has 0 aliphatic carbocycles. The maximum absolute atomic E-state index is 10.8. The molecule has 5 heteroatoms. The van der Waals surface area contributed by atoms with Gasteiger partial charge in [-0.3, -0.25) is 9.48 Å². The van der Waals surface area contributed by atoms with Crippen molar-refractivity contribution < 1.29 is 14.7 Å². The van der Waals surface area contributed by atoms with Crippen LogP contribution in [0.15, 0.2) is 0 Å². The molecule has 0 saturated carbocycles. The van der Waals surface area contributed by atoms with E-state index in [1.54, 1.807) is 4.68 Å². The quantitative estimate of drug-likeness (QED) is 0.666. The minimum absolute atomic E-state index is 0.0437. The van der Waals surface area contributed by atoms with Crippen LogP contribution in [-0.4, -0.2) is 27.1 Å². The van der Waals surface area contributed by atoms with Crippen LogP contribution in [0.4, 0.5) is 0 Å². The molecule has 1 aliphatic rings. The minimum atomic E-state index is -1.06. The second-order valence-corrected chi connectivity index (χ2v) is 2.96. The molecule has 0 spiro atoms. The predicted molar refractivity (Wildman–Crippen MR) is 42.9 cm³/mol. The third kappa shape index (κ3) is 1.04. The van der Waals surface area contributed by atoms with Gasteiger partial charge in [-0.05, 0) is 12.8 Å². The summed E-state index contributed by atoms with van der Waals surface area (Å²) in [5.74, 6) is -1.06. The molecular formula is C8H8N2O3. The van der Waals surface area contributed by atoms with Crippen molar-refractivity contribution >= 4 is 12.3 Å². The van der Waals surface area contributed by atoms with Crippen molar-refractivity contribution in [3.8, 4) is 0 Å². The van der Waals surface area contributed by atoms with Crippen LogP contribution < -0.4 is 0 Å². The molecule has 0 bridgehead atoms. The van der Waals surface area contributed by atoms with E-state index in [-0.39, 0.29) is 11.3 Å². The Balaban J connectivity index is 2.62. The lowest BCUT2D eigenvalue weighted by Crippen LogP contribution is -2.02. The standard InChI is InChI=1S/C8H8N2O3/c11-4-5-7(8(12)13)6-2-1-3-10(6)9-5/h4H,1-3H2,(H,12,13). The van der Waals surface area contributed by atoms with Crippen molar-refractivity contribution in [1.82, 2.24) is 9.78 Å². The van der Waals surface area contributed by atoms with Gasteiger partial charge in [-0.25, -0.2) is 4.79 Å². The number of hydrogen-bond donors (Lipinski definition) is 1. The fraction of sp³-hybridized carbons (Fsp3) is 0.375. The molecule has 0 unspecified atom stereocenters. The topological polar surface area (TPSA) is 72.2 Å². The second-order valence-electron chi connectivity index (χ2n) is 2.96. The monoisotopic (exact) mass is 180 g/mol. The van der Waals surface area contributed by atoms with Crippen LogP contribution in [0.1, 0.15) is 33.0 Å². The molecule has 13 heavy (non-hydrogen) atoms. The number of carbonyl (C=O) groups excluding carboxylic acids is 1. The van der Waals surface area contributed by atoms with Gasteiger partial charge in [-0.2, -0.15) is 5.10 Å². The number of carbonyl (C=O) groups is 2. The first-order valence-electron chi connectivity index (χ1n) is 4.02. The number of fused-ring (bicyclic) bond motifs is 1. The smallest absolute Gasteiger partial charge is 0.339 e. The van der Waals surface area contributed by atoms with E-state index in [9.17, 15) is 9.59 Å². The van der Waals surface area contributed by atoms with Crippen molar-refractivity contribution in [2.45, 2.75) is 19.4 Å². The summed E-state index contributed by atoms with van der Waals surface area (Å²) in [6, 6.07) is 0. The van der Waals surface area contributed by atoms with Crippen molar-refractivity contribution in [1.29, 1.82) is 0 Å². The summed E-state index contributed by atoms with van der Waals surface area (Å²) in [7, 11) is 0. The van der Waals surface area contributed by atoms with E-state index in [0.717, 1.165) is 6.42 Å². The van der Waals surface area contributed by atoms with Crippen LogP contribution in [-0.2, 0) is 13.0 Å². The molecule has 68 valence electrons. The van der Waals surface area contributed by atoms with E-state index in [1.165, 1.54) is 0 Å². The maximum atomic E-state index is 10.8. The van der Waals surface area contributed by atoms with Crippen LogP contribution in [0.2, 0.25) is 0 Å². The number of nitrogens with zero attached hydrogens (tertiary/aromatic N) is 2. The highest BCUT2D eigenvalue weighted by Crippen LogP contribution is 2.20. The number of hydrogen-bond acceptors (Lipinski definition) is 3. The normalized spacial score (nSPS) is 14.2. The second kappa shape index (κ2) is 2.69. The third-order valence-electron chi connectivity index (χ3n) is 2.19. The Morgan fingerprint density at radius 3 is 3.00 bits per heavy atom. The molecule has 2 heterocycles. The SMILES string of the molecule is O=Cc1nn2c(c1C(=O)O)CCC2. The lowest BCUT2D eigenvalue weighted by molar-refractivity contribution is 0.0693. The Bertz CT molecular complexity index is 381. The van der Waals surface area contributed by atoms with Gasteiger partial charge in [-0.15, -0.1) is 0 Å². The molecule has 0 amide bonds. The van der Waals surface area contributed by atoms with Gasteiger partial charge >= 0.3 is 5.97 Å². The van der Waals surface area contributed by atoms with E-state index in [2.05, 4.69) is 5.10 Å². The van der Waals surface area contributed by atoms with E-state index < -0.39 is 5.97 Å². The summed E-state index contributed by atoms with van der Waals surface area (Å²) in [6.07, 6.45) is 2.10. The molecule has 1 aromatic heterocycles. The van der Waals surface area contributed by atoms with Crippen LogP contribution >= 0.6 is 0 Å². The van der Waals surface area contributed by atoms with Gasteiger partial charge in [0.1, 0.15) is 11.3 Å². The van der Waals surface area contributed by atoms with E-state index in [0.29, 0.717) is 24.9 Å². The first-order chi connectivity index (χ1) is 6.24. The van der Waals surface area contributed by atoms with Gasteiger partial charge in [0.05, 0.1) is 5.69 Å². The van der Waals surface area contributed by atoms with Crippen molar-refractivity contribution in [3.63, 3.8) is 0 Å². The van der Waals surface area contributed by atoms with Crippen molar-refractivity contribution in [2.75, 3.05) is 0 Å². The van der Waals surface area contributed by atoms with Gasteiger partial charge < -0.3 is 5.11 Å². The molecule has 0 aromatic carbocycles. The largest absolute Gasteiger partial charge is 0.478 e. The zero-order valence-electron chi connectivity index (χ0n) is 6.86. The molecule has 2 rings (SSSR count). The third-order valence-corrected chi connectivity index (χ3v) is 2.19. The summed E-state index contributed by atoms with van der Waals surface area (Å²) < 4.78 is 1.60. The van der Waals surface area contributed by atoms with Gasteiger partial charge in [0, 0.05) is 6.54 Å². The summed E-state index contributed by atoms with van der Waals surface area (Å²) in [4.78, 5) is 21.3. The number of rotatable bonds is 2. The Morgan fingerprint density at radius 1 is 1.62 bits per heavy atom. The predicted octanol–water partition coefficient (Wildman–Crippen LogP) is 0.340. The van der Waals surface area contributed by atoms with Crippen molar-refractivity contribution in [3.05, 3.63) is 17.0 Å². The number of aldehydes is 1. The number of aryl methyl sites for hydroxylation is 1. The number of carboxylic acids is 1. The number of carboxylic acid groups (broad SMARTS) is 1. The van der Waals surface area contributed by atoms with Crippen LogP contribution in [0.25, 0.3) is 0 Å².